The van der Waals surface area contributed by atoms with E-state index in [1.165, 1.54) is 38.5 Å². The molecular formula is C21H35N3O4. The lowest BCUT2D eigenvalue weighted by Gasteiger charge is -2.59. The van der Waals surface area contributed by atoms with E-state index in [4.69, 9.17) is 4.74 Å². The van der Waals surface area contributed by atoms with Crippen LogP contribution in [-0.2, 0) is 14.3 Å². The van der Waals surface area contributed by atoms with E-state index in [2.05, 4.69) is 17.6 Å². The van der Waals surface area contributed by atoms with Crippen LogP contribution in [0.3, 0.4) is 0 Å². The van der Waals surface area contributed by atoms with E-state index in [1.54, 1.807) is 11.8 Å². The van der Waals surface area contributed by atoms with Crippen LogP contribution in [0.4, 0.5) is 4.79 Å². The molecule has 0 radical (unpaired) electrons. The third-order valence-corrected chi connectivity index (χ3v) is 7.08. The number of nitrogens with one attached hydrogen (secondary N) is 2. The van der Waals surface area contributed by atoms with Gasteiger partial charge in [-0.3, -0.25) is 19.8 Å². The van der Waals surface area contributed by atoms with Crippen LogP contribution in [0.15, 0.2) is 0 Å². The molecule has 0 saturated heterocycles. The van der Waals surface area contributed by atoms with Crippen molar-refractivity contribution in [1.82, 2.24) is 15.5 Å². The molecule has 4 saturated carbocycles. The molecular weight excluding hydrogens is 358 g/mol. The molecule has 0 unspecified atom stereocenters. The quantitative estimate of drug-likeness (QED) is 0.661. The molecule has 0 spiro atoms. The van der Waals surface area contributed by atoms with Crippen molar-refractivity contribution in [3.8, 4) is 0 Å². The van der Waals surface area contributed by atoms with E-state index in [1.807, 2.05) is 6.92 Å². The second kappa shape index (κ2) is 8.80. The second-order valence-corrected chi connectivity index (χ2v) is 9.14. The Balaban J connectivity index is 1.48. The molecule has 158 valence electrons. The molecule has 28 heavy (non-hydrogen) atoms. The van der Waals surface area contributed by atoms with Crippen LogP contribution in [0.5, 0.6) is 0 Å². The van der Waals surface area contributed by atoms with Crippen LogP contribution < -0.4 is 10.6 Å². The average Bonchev–Trinajstić information content (AvgIpc) is 2.59. The Bertz CT molecular complexity index is 571. The van der Waals surface area contributed by atoms with Gasteiger partial charge in [0.25, 0.3) is 0 Å². The summed E-state index contributed by atoms with van der Waals surface area (Å²) in [5.41, 5.74) is 0.267. The zero-order valence-electron chi connectivity index (χ0n) is 17.5. The van der Waals surface area contributed by atoms with Gasteiger partial charge in [-0.05, 0) is 82.1 Å². The van der Waals surface area contributed by atoms with E-state index >= 15 is 0 Å². The van der Waals surface area contributed by atoms with Crippen LogP contribution in [0.2, 0.25) is 0 Å². The number of ether oxygens (including phenoxy) is 1. The third kappa shape index (κ3) is 4.85. The van der Waals surface area contributed by atoms with Gasteiger partial charge in [0.05, 0.1) is 19.7 Å². The van der Waals surface area contributed by atoms with Gasteiger partial charge in [0.1, 0.15) is 0 Å². The zero-order valence-corrected chi connectivity index (χ0v) is 17.5. The van der Waals surface area contributed by atoms with E-state index in [0.29, 0.717) is 6.54 Å². The minimum Gasteiger partial charge on any atom is -0.450 e. The first-order valence-corrected chi connectivity index (χ1v) is 10.8. The fraction of sp³-hybridized carbons (Fsp3) is 0.857. The molecule has 4 bridgehead atoms. The number of hydrogen-bond donors (Lipinski definition) is 2. The Morgan fingerprint density at radius 2 is 1.54 bits per heavy atom. The number of hydrogen-bond acceptors (Lipinski definition) is 5. The third-order valence-electron chi connectivity index (χ3n) is 7.08. The van der Waals surface area contributed by atoms with Crippen molar-refractivity contribution in [3.05, 3.63) is 0 Å². The molecule has 4 fully saturated rings. The molecule has 0 aromatic rings. The van der Waals surface area contributed by atoms with Crippen molar-refractivity contribution in [2.75, 3.05) is 26.2 Å². The summed E-state index contributed by atoms with van der Waals surface area (Å²) in [6.45, 7) is 6.65. The minimum absolute atomic E-state index is 0.00548. The predicted octanol–water partition coefficient (Wildman–Crippen LogP) is 2.30. The predicted molar refractivity (Wildman–Crippen MR) is 105 cm³/mol. The largest absolute Gasteiger partial charge is 0.450 e. The topological polar surface area (TPSA) is 87.7 Å². The minimum atomic E-state index is -0.747. The molecule has 0 aromatic heterocycles. The van der Waals surface area contributed by atoms with Gasteiger partial charge >= 0.3 is 6.09 Å². The van der Waals surface area contributed by atoms with Gasteiger partial charge in [-0.1, -0.05) is 6.92 Å². The normalized spacial score (nSPS) is 31.5. The van der Waals surface area contributed by atoms with E-state index in [-0.39, 0.29) is 37.1 Å². The molecule has 2 N–H and O–H groups in total. The van der Waals surface area contributed by atoms with Gasteiger partial charge in [0.2, 0.25) is 11.8 Å². The maximum absolute atomic E-state index is 12.6. The molecule has 0 aliphatic heterocycles. The van der Waals surface area contributed by atoms with Gasteiger partial charge in [-0.2, -0.15) is 0 Å². The summed E-state index contributed by atoms with van der Waals surface area (Å²) in [6, 6.07) is 0.167. The summed E-state index contributed by atoms with van der Waals surface area (Å²) in [7, 11) is 0. The zero-order chi connectivity index (χ0) is 20.3. The summed E-state index contributed by atoms with van der Waals surface area (Å²) < 4.78 is 4.71. The number of rotatable bonds is 8. The first kappa shape index (κ1) is 21.1. The average molecular weight is 394 g/mol. The number of carbonyl (C=O) groups is 3. The highest BCUT2D eigenvalue weighted by Crippen LogP contribution is 2.61. The lowest BCUT2D eigenvalue weighted by atomic mass is 9.48. The maximum Gasteiger partial charge on any atom is 0.413 e. The van der Waals surface area contributed by atoms with Crippen molar-refractivity contribution >= 4 is 17.9 Å². The molecule has 1 atom stereocenters. The maximum atomic E-state index is 12.6. The summed E-state index contributed by atoms with van der Waals surface area (Å²) in [5.74, 6) is 2.05. The lowest BCUT2D eigenvalue weighted by molar-refractivity contribution is -0.128. The SMILES string of the molecule is CCOC(=O)NC(=O)CN(CC)CC(=O)N[C@H](C)C12CC3CC(CC(C3)C1)C2. The van der Waals surface area contributed by atoms with Crippen molar-refractivity contribution < 1.29 is 19.1 Å². The molecule has 4 aliphatic rings. The van der Waals surface area contributed by atoms with E-state index in [0.717, 1.165) is 17.8 Å². The highest BCUT2D eigenvalue weighted by atomic mass is 16.5. The Labute approximate surface area is 167 Å². The molecule has 3 amide bonds. The smallest absolute Gasteiger partial charge is 0.413 e. The van der Waals surface area contributed by atoms with Crippen LogP contribution >= 0.6 is 0 Å². The van der Waals surface area contributed by atoms with Crippen molar-refractivity contribution in [2.24, 2.45) is 23.2 Å². The highest BCUT2D eigenvalue weighted by Gasteiger charge is 2.53. The van der Waals surface area contributed by atoms with Crippen LogP contribution in [0.25, 0.3) is 0 Å². The first-order valence-electron chi connectivity index (χ1n) is 10.8. The summed E-state index contributed by atoms with van der Waals surface area (Å²) >= 11 is 0. The summed E-state index contributed by atoms with van der Waals surface area (Å²) in [6.07, 6.45) is 7.17. The van der Waals surface area contributed by atoms with Gasteiger partial charge in [0, 0.05) is 6.04 Å². The van der Waals surface area contributed by atoms with Crippen LogP contribution in [0, 0.1) is 23.2 Å². The Morgan fingerprint density at radius 1 is 1.00 bits per heavy atom. The van der Waals surface area contributed by atoms with Crippen LogP contribution in [-0.4, -0.2) is 55.1 Å². The van der Waals surface area contributed by atoms with E-state index in [9.17, 15) is 14.4 Å². The molecule has 0 heterocycles. The summed E-state index contributed by atoms with van der Waals surface area (Å²) in [5, 5.41) is 5.41. The van der Waals surface area contributed by atoms with Gasteiger partial charge in [-0.25, -0.2) is 4.79 Å². The van der Waals surface area contributed by atoms with Gasteiger partial charge < -0.3 is 10.1 Å². The number of alkyl carbamates (subject to hydrolysis) is 1. The molecule has 4 rings (SSSR count). The second-order valence-electron chi connectivity index (χ2n) is 9.14. The standard InChI is InChI=1S/C21H35N3O4/c1-4-24(13-19(26)23-20(27)28-5-2)12-18(25)22-14(3)21-9-15-6-16(10-21)8-17(7-15)11-21/h14-17H,4-13H2,1-3H3,(H,22,25)(H,23,26,27)/t14-,15?,16?,17?,21?/m1/s1. The lowest BCUT2D eigenvalue weighted by Crippen LogP contribution is -2.57. The number of nitrogens with zero attached hydrogens (tertiary/aromatic N) is 1. The van der Waals surface area contributed by atoms with Crippen molar-refractivity contribution in [3.63, 3.8) is 0 Å². The molecule has 0 aromatic carbocycles. The fourth-order valence-electron chi connectivity index (χ4n) is 6.15. The first-order chi connectivity index (χ1) is 13.3. The molecule has 7 nitrogen and oxygen atoms in total. The fourth-order valence-corrected chi connectivity index (χ4v) is 6.15. The molecule has 7 heteroatoms. The van der Waals surface area contributed by atoms with Crippen molar-refractivity contribution in [2.45, 2.75) is 65.3 Å². The van der Waals surface area contributed by atoms with Gasteiger partial charge in [0.15, 0.2) is 0 Å². The molecule has 4 aliphatic carbocycles. The van der Waals surface area contributed by atoms with Crippen molar-refractivity contribution in [1.29, 1.82) is 0 Å². The Hall–Kier alpha value is -1.63. The van der Waals surface area contributed by atoms with E-state index < -0.39 is 12.0 Å². The van der Waals surface area contributed by atoms with Crippen LogP contribution in [0.1, 0.15) is 59.3 Å². The number of likely N-dealkylation sites (N-methyl/N-ethyl adjacent to an activating group) is 1. The number of amides is 3. The highest BCUT2D eigenvalue weighted by molar-refractivity contribution is 5.93. The Kier molecular flexibility index (Phi) is 6.63. The monoisotopic (exact) mass is 393 g/mol. The summed E-state index contributed by atoms with van der Waals surface area (Å²) in [4.78, 5) is 37.7. The van der Waals surface area contributed by atoms with Gasteiger partial charge in [-0.15, -0.1) is 0 Å². The number of imide groups is 1. The number of carbonyl (C=O) groups excluding carboxylic acids is 3. The Morgan fingerprint density at radius 3 is 2.04 bits per heavy atom.